The third kappa shape index (κ3) is 2.68. The summed E-state index contributed by atoms with van der Waals surface area (Å²) in [5.74, 6) is 1.52. The van der Waals surface area contributed by atoms with Crippen LogP contribution >= 0.6 is 0 Å². The number of aliphatic hydroxyl groups is 1. The van der Waals surface area contributed by atoms with Crippen molar-refractivity contribution < 1.29 is 5.11 Å². The van der Waals surface area contributed by atoms with Gasteiger partial charge >= 0.3 is 0 Å². The van der Waals surface area contributed by atoms with E-state index in [0.717, 1.165) is 25.4 Å². The fraction of sp³-hybridized carbons (Fsp3) is 1.00. The average Bonchev–Trinajstić information content (AvgIpc) is 2.91. The third-order valence-corrected chi connectivity index (χ3v) is 3.49. The molecule has 0 aromatic carbocycles. The first-order valence-corrected chi connectivity index (χ1v) is 5.66. The van der Waals surface area contributed by atoms with Crippen LogP contribution in [-0.2, 0) is 0 Å². The molecule has 2 rings (SSSR count). The van der Waals surface area contributed by atoms with Crippen LogP contribution in [0.5, 0.6) is 0 Å². The molecule has 1 N–H and O–H groups in total. The molecule has 0 amide bonds. The van der Waals surface area contributed by atoms with Gasteiger partial charge in [-0.15, -0.1) is 0 Å². The van der Waals surface area contributed by atoms with E-state index in [1.54, 1.807) is 0 Å². The summed E-state index contributed by atoms with van der Waals surface area (Å²) in [5, 5.41) is 9.56. The molecular weight excluding hydrogens is 162 g/mol. The normalized spacial score (nSPS) is 36.5. The quantitative estimate of drug-likeness (QED) is 0.716. The molecule has 2 atom stereocenters. The van der Waals surface area contributed by atoms with E-state index in [4.69, 9.17) is 0 Å². The summed E-state index contributed by atoms with van der Waals surface area (Å²) in [7, 11) is 0. The van der Waals surface area contributed by atoms with Gasteiger partial charge in [0.05, 0.1) is 6.10 Å². The first-order chi connectivity index (χ1) is 6.25. The lowest BCUT2D eigenvalue weighted by molar-refractivity contribution is 0.0342. The van der Waals surface area contributed by atoms with E-state index in [1.165, 1.54) is 25.8 Å². The highest BCUT2D eigenvalue weighted by Crippen LogP contribution is 2.32. The highest BCUT2D eigenvalue weighted by molar-refractivity contribution is 4.79. The van der Waals surface area contributed by atoms with Crippen LogP contribution < -0.4 is 0 Å². The summed E-state index contributed by atoms with van der Waals surface area (Å²) in [6.07, 6.45) is 5.25. The number of aliphatic hydroxyl groups excluding tert-OH is 1. The van der Waals surface area contributed by atoms with Crippen molar-refractivity contribution in [3.8, 4) is 0 Å². The largest absolute Gasteiger partial charge is 0.393 e. The number of hydrogen-bond donors (Lipinski definition) is 1. The number of nitrogens with zero attached hydrogens (tertiary/aromatic N) is 1. The van der Waals surface area contributed by atoms with Crippen molar-refractivity contribution in [2.75, 3.05) is 19.6 Å². The minimum Gasteiger partial charge on any atom is -0.393 e. The highest BCUT2D eigenvalue weighted by Gasteiger charge is 2.26. The van der Waals surface area contributed by atoms with Gasteiger partial charge in [0.15, 0.2) is 0 Å². The molecule has 0 aromatic heterocycles. The lowest BCUT2D eigenvalue weighted by atomic mass is 9.96. The molecule has 2 nitrogen and oxygen atoms in total. The molecule has 0 aromatic rings. The predicted octanol–water partition coefficient (Wildman–Crippen LogP) is 1.49. The van der Waals surface area contributed by atoms with Crippen LogP contribution in [0.2, 0.25) is 0 Å². The first-order valence-electron chi connectivity index (χ1n) is 5.66. The van der Waals surface area contributed by atoms with E-state index >= 15 is 0 Å². The maximum absolute atomic E-state index is 9.56. The second-order valence-electron chi connectivity index (χ2n) is 4.87. The van der Waals surface area contributed by atoms with Crippen molar-refractivity contribution in [2.45, 2.75) is 38.7 Å². The molecule has 1 aliphatic carbocycles. The summed E-state index contributed by atoms with van der Waals surface area (Å²) in [5.41, 5.74) is 0. The minimum absolute atomic E-state index is 0.0443. The van der Waals surface area contributed by atoms with Gasteiger partial charge in [0.2, 0.25) is 0 Å². The molecule has 2 fully saturated rings. The number of hydrogen-bond acceptors (Lipinski definition) is 2. The van der Waals surface area contributed by atoms with E-state index in [9.17, 15) is 5.11 Å². The van der Waals surface area contributed by atoms with Gasteiger partial charge < -0.3 is 10.0 Å². The maximum Gasteiger partial charge on any atom is 0.0590 e. The molecule has 0 radical (unpaired) electrons. The molecule has 2 aliphatic rings. The number of rotatable bonds is 3. The topological polar surface area (TPSA) is 23.5 Å². The zero-order valence-electron chi connectivity index (χ0n) is 8.58. The maximum atomic E-state index is 9.56. The van der Waals surface area contributed by atoms with Crippen LogP contribution in [0.1, 0.15) is 32.6 Å². The second kappa shape index (κ2) is 3.97. The molecule has 1 saturated carbocycles. The van der Waals surface area contributed by atoms with Crippen molar-refractivity contribution in [3.05, 3.63) is 0 Å². The van der Waals surface area contributed by atoms with Gasteiger partial charge in [0, 0.05) is 13.1 Å². The van der Waals surface area contributed by atoms with Gasteiger partial charge in [-0.05, 0) is 31.2 Å². The monoisotopic (exact) mass is 183 g/mol. The van der Waals surface area contributed by atoms with Crippen LogP contribution in [0.15, 0.2) is 0 Å². The van der Waals surface area contributed by atoms with Crippen molar-refractivity contribution in [1.82, 2.24) is 4.90 Å². The van der Waals surface area contributed by atoms with E-state index in [2.05, 4.69) is 11.8 Å². The number of likely N-dealkylation sites (tertiary alicyclic amines) is 1. The Balaban J connectivity index is 1.68. The lowest BCUT2D eigenvalue weighted by Gasteiger charge is -2.34. The minimum atomic E-state index is -0.0443. The van der Waals surface area contributed by atoms with Gasteiger partial charge in [0.1, 0.15) is 0 Å². The van der Waals surface area contributed by atoms with Gasteiger partial charge in [-0.25, -0.2) is 0 Å². The van der Waals surface area contributed by atoms with Crippen molar-refractivity contribution in [3.63, 3.8) is 0 Å². The van der Waals surface area contributed by atoms with E-state index < -0.39 is 0 Å². The molecule has 0 bridgehead atoms. The molecule has 0 spiro atoms. The van der Waals surface area contributed by atoms with Gasteiger partial charge in [-0.3, -0.25) is 0 Å². The fourth-order valence-corrected chi connectivity index (χ4v) is 2.19. The Morgan fingerprint density at radius 3 is 2.69 bits per heavy atom. The van der Waals surface area contributed by atoms with Crippen LogP contribution in [-0.4, -0.2) is 35.7 Å². The molecular formula is C11H21NO. The third-order valence-electron chi connectivity index (χ3n) is 3.49. The Morgan fingerprint density at radius 2 is 2.08 bits per heavy atom. The van der Waals surface area contributed by atoms with Crippen LogP contribution in [0.25, 0.3) is 0 Å². The standard InChI is InChI=1S/C11H21NO/c1-9-8-12(7-5-11(9)13)6-4-10-2-3-10/h9-11,13H,2-8H2,1H3. The predicted molar refractivity (Wildman–Crippen MR) is 53.6 cm³/mol. The summed E-state index contributed by atoms with van der Waals surface area (Å²) >= 11 is 0. The Hall–Kier alpha value is -0.0800. The second-order valence-corrected chi connectivity index (χ2v) is 4.87. The summed E-state index contributed by atoms with van der Waals surface area (Å²) < 4.78 is 0. The van der Waals surface area contributed by atoms with Crippen LogP contribution in [0.3, 0.4) is 0 Å². The van der Waals surface area contributed by atoms with Gasteiger partial charge in [-0.1, -0.05) is 19.8 Å². The van der Waals surface area contributed by atoms with E-state index in [1.807, 2.05) is 0 Å². The lowest BCUT2D eigenvalue weighted by Crippen LogP contribution is -2.42. The zero-order chi connectivity index (χ0) is 9.26. The van der Waals surface area contributed by atoms with Crippen molar-refractivity contribution in [1.29, 1.82) is 0 Å². The smallest absolute Gasteiger partial charge is 0.0590 e. The Morgan fingerprint density at radius 1 is 1.31 bits per heavy atom. The molecule has 13 heavy (non-hydrogen) atoms. The molecule has 2 unspecified atom stereocenters. The molecule has 1 heterocycles. The summed E-state index contributed by atoms with van der Waals surface area (Å²) in [6, 6.07) is 0. The van der Waals surface area contributed by atoms with Gasteiger partial charge in [0.25, 0.3) is 0 Å². The molecule has 76 valence electrons. The summed E-state index contributed by atoms with van der Waals surface area (Å²) in [6.45, 7) is 5.64. The SMILES string of the molecule is CC1CN(CCC2CC2)CCC1O. The van der Waals surface area contributed by atoms with E-state index in [0.29, 0.717) is 5.92 Å². The Labute approximate surface area is 80.9 Å². The van der Waals surface area contributed by atoms with Crippen molar-refractivity contribution in [2.24, 2.45) is 11.8 Å². The molecule has 1 aliphatic heterocycles. The zero-order valence-corrected chi connectivity index (χ0v) is 8.58. The van der Waals surface area contributed by atoms with Crippen molar-refractivity contribution >= 4 is 0 Å². The Kier molecular flexibility index (Phi) is 2.89. The van der Waals surface area contributed by atoms with Crippen LogP contribution in [0.4, 0.5) is 0 Å². The summed E-state index contributed by atoms with van der Waals surface area (Å²) in [4.78, 5) is 2.52. The van der Waals surface area contributed by atoms with Crippen LogP contribution in [0, 0.1) is 11.8 Å². The van der Waals surface area contributed by atoms with Gasteiger partial charge in [-0.2, -0.15) is 0 Å². The number of piperidine rings is 1. The molecule has 2 heteroatoms. The molecule has 1 saturated heterocycles. The Bertz CT molecular complexity index is 167. The average molecular weight is 183 g/mol. The fourth-order valence-electron chi connectivity index (χ4n) is 2.19. The van der Waals surface area contributed by atoms with E-state index in [-0.39, 0.29) is 6.10 Å². The first kappa shape index (κ1) is 9.47. The highest BCUT2D eigenvalue weighted by atomic mass is 16.3.